The Morgan fingerprint density at radius 3 is 1.27 bits per heavy atom. The summed E-state index contributed by atoms with van der Waals surface area (Å²) in [6.45, 7) is 12.8. The number of azo groups is 1. The number of hydrogen-bond acceptors (Lipinski definition) is 2. The molecule has 0 heterocycles. The number of alkyl halides is 2. The van der Waals surface area contributed by atoms with Gasteiger partial charge in [0.05, 0.1) is 0 Å². The summed E-state index contributed by atoms with van der Waals surface area (Å²) in [6.07, 6.45) is 2.99. The fourth-order valence-corrected chi connectivity index (χ4v) is 7.16. The lowest BCUT2D eigenvalue weighted by atomic mass is 9.84. The summed E-state index contributed by atoms with van der Waals surface area (Å²) < 4.78 is 0. The molecule has 4 nitrogen and oxygen atoms in total. The highest BCUT2D eigenvalue weighted by molar-refractivity contribution is 6.24. The molecule has 0 amide bonds. The van der Waals surface area contributed by atoms with Crippen LogP contribution in [0.3, 0.4) is 0 Å². The highest BCUT2D eigenvalue weighted by Gasteiger charge is 2.69. The van der Waals surface area contributed by atoms with E-state index in [1.165, 1.54) is 0 Å². The van der Waals surface area contributed by atoms with Crippen LogP contribution in [0, 0.1) is 44.9 Å². The van der Waals surface area contributed by atoms with Gasteiger partial charge in [-0.3, -0.25) is 0 Å². The molecule has 26 heavy (non-hydrogen) atoms. The quantitative estimate of drug-likeness (QED) is 0.271. The highest BCUT2D eigenvalue weighted by atomic mass is 35.5. The van der Waals surface area contributed by atoms with Crippen molar-refractivity contribution in [2.75, 3.05) is 0 Å². The standard InChI is InChI=1S/C20H32Cl2N2O2/c1-17(2)11-7-15(19(5,21)9-13(11)17)23(25)24(26)16-8-12-14(18(12,3)4)10-20(16,6)22/h11-16H,7-10H2,1-6H3/b24-23+/t11-,12-,13+,14+,15-,16-,19+,20+/m1/s1. The number of nitrogens with zero attached hydrogens (tertiary/aromatic N) is 2. The first-order chi connectivity index (χ1) is 11.7. The normalized spacial score (nSPS) is 54.6. The van der Waals surface area contributed by atoms with E-state index in [0.29, 0.717) is 46.2 Å². The smallest absolute Gasteiger partial charge is 0.248 e. The monoisotopic (exact) mass is 402 g/mol. The van der Waals surface area contributed by atoms with Gasteiger partial charge in [0, 0.05) is 22.6 Å². The Balaban J connectivity index is 1.61. The number of halogens is 2. The first-order valence-corrected chi connectivity index (χ1v) is 10.8. The summed E-state index contributed by atoms with van der Waals surface area (Å²) in [7, 11) is 0. The molecule has 0 aromatic heterocycles. The van der Waals surface area contributed by atoms with Gasteiger partial charge in [0.1, 0.15) is 9.75 Å². The van der Waals surface area contributed by atoms with Gasteiger partial charge in [-0.1, -0.05) is 27.7 Å². The van der Waals surface area contributed by atoms with Crippen LogP contribution in [-0.4, -0.2) is 31.6 Å². The van der Waals surface area contributed by atoms with Crippen molar-refractivity contribution in [3.8, 4) is 0 Å². The van der Waals surface area contributed by atoms with Gasteiger partial charge in [-0.25, -0.2) is 0 Å². The van der Waals surface area contributed by atoms with E-state index in [4.69, 9.17) is 23.2 Å². The van der Waals surface area contributed by atoms with Gasteiger partial charge in [-0.15, -0.1) is 23.2 Å². The predicted octanol–water partition coefficient (Wildman–Crippen LogP) is 5.32. The molecular formula is C20H32Cl2N2O2. The molecule has 4 aliphatic carbocycles. The average Bonchev–Trinajstić information content (AvgIpc) is 3.23. The minimum atomic E-state index is -0.669. The molecule has 4 fully saturated rings. The third-order valence-electron chi connectivity index (χ3n) is 8.89. The summed E-state index contributed by atoms with van der Waals surface area (Å²) in [5.74, 6) is 2.11. The van der Waals surface area contributed by atoms with Crippen molar-refractivity contribution in [2.24, 2.45) is 34.5 Å². The maximum atomic E-state index is 13.1. The zero-order valence-electron chi connectivity index (χ0n) is 16.8. The molecule has 0 bridgehead atoms. The summed E-state index contributed by atoms with van der Waals surface area (Å²) >= 11 is 13.6. The van der Waals surface area contributed by atoms with E-state index in [0.717, 1.165) is 12.8 Å². The molecule has 6 heteroatoms. The van der Waals surface area contributed by atoms with Crippen LogP contribution >= 0.6 is 23.2 Å². The first-order valence-electron chi connectivity index (χ1n) is 10.0. The van der Waals surface area contributed by atoms with E-state index in [-0.39, 0.29) is 10.8 Å². The van der Waals surface area contributed by atoms with Gasteiger partial charge >= 0.3 is 0 Å². The number of rotatable bonds is 2. The molecule has 4 aliphatic rings. The summed E-state index contributed by atoms with van der Waals surface area (Å²) in [4.78, 5) is -0.0343. The second kappa shape index (κ2) is 5.23. The van der Waals surface area contributed by atoms with Crippen molar-refractivity contribution >= 4 is 23.2 Å². The number of hydroxylamine groups is 2. The summed E-state index contributed by atoms with van der Waals surface area (Å²) in [6, 6.07) is -0.968. The molecule has 0 unspecified atom stereocenters. The van der Waals surface area contributed by atoms with Crippen LogP contribution in [0.1, 0.15) is 67.2 Å². The molecule has 0 aliphatic heterocycles. The van der Waals surface area contributed by atoms with E-state index in [1.54, 1.807) is 0 Å². The van der Waals surface area contributed by atoms with E-state index in [1.807, 2.05) is 13.8 Å². The van der Waals surface area contributed by atoms with Crippen molar-refractivity contribution < 1.29 is 9.72 Å². The fourth-order valence-electron chi connectivity index (χ4n) is 6.48. The molecule has 0 spiro atoms. The van der Waals surface area contributed by atoms with E-state index in [9.17, 15) is 10.4 Å². The Bertz CT molecular complexity index is 615. The van der Waals surface area contributed by atoms with Crippen molar-refractivity contribution in [2.45, 2.75) is 89.1 Å². The number of hydrogen-bond donors (Lipinski definition) is 0. The summed E-state index contributed by atoms with van der Waals surface area (Å²) in [5.41, 5.74) is 0.465. The first kappa shape index (κ1) is 19.1. The average molecular weight is 403 g/mol. The third-order valence-corrected chi connectivity index (χ3v) is 9.70. The van der Waals surface area contributed by atoms with Crippen LogP contribution in [0.2, 0.25) is 0 Å². The van der Waals surface area contributed by atoms with Crippen LogP contribution in [0.4, 0.5) is 0 Å². The molecule has 8 atom stereocenters. The summed E-state index contributed by atoms with van der Waals surface area (Å²) in [5, 5.41) is 26.3. The Morgan fingerprint density at radius 1 is 0.654 bits per heavy atom. The van der Waals surface area contributed by atoms with Gasteiger partial charge in [0.25, 0.3) is 0 Å². The Kier molecular flexibility index (Phi) is 3.84. The van der Waals surface area contributed by atoms with Crippen LogP contribution in [0.25, 0.3) is 0 Å². The second-order valence-corrected chi connectivity index (χ2v) is 12.9. The fraction of sp³-hybridized carbons (Fsp3) is 1.00. The molecule has 0 N–H and O–H groups in total. The lowest BCUT2D eigenvalue weighted by molar-refractivity contribution is -1.000. The zero-order chi connectivity index (χ0) is 19.4. The Hall–Kier alpha value is -0.220. The van der Waals surface area contributed by atoms with Crippen LogP contribution in [-0.2, 0) is 0 Å². The van der Waals surface area contributed by atoms with Gasteiger partial charge in [-0.05, 0) is 61.2 Å². The van der Waals surface area contributed by atoms with Gasteiger partial charge in [-0.2, -0.15) is 0 Å². The lowest BCUT2D eigenvalue weighted by Gasteiger charge is -2.34. The van der Waals surface area contributed by atoms with Gasteiger partial charge in [0.15, 0.2) is 0 Å². The topological polar surface area (TPSA) is 52.1 Å². The Morgan fingerprint density at radius 2 is 0.962 bits per heavy atom. The van der Waals surface area contributed by atoms with E-state index in [2.05, 4.69) is 27.7 Å². The van der Waals surface area contributed by atoms with Crippen LogP contribution in [0.5, 0.6) is 0 Å². The van der Waals surface area contributed by atoms with E-state index >= 15 is 0 Å². The maximum absolute atomic E-state index is 13.1. The minimum absolute atomic E-state index is 0.233. The van der Waals surface area contributed by atoms with Crippen LogP contribution in [0.15, 0.2) is 0 Å². The van der Waals surface area contributed by atoms with Crippen molar-refractivity contribution in [1.82, 2.24) is 0 Å². The van der Waals surface area contributed by atoms with Crippen molar-refractivity contribution in [1.29, 1.82) is 0 Å². The zero-order valence-corrected chi connectivity index (χ0v) is 18.3. The molecule has 148 valence electrons. The third kappa shape index (κ3) is 2.53. The van der Waals surface area contributed by atoms with E-state index < -0.39 is 21.8 Å². The highest BCUT2D eigenvalue weighted by Crippen LogP contribution is 2.69. The lowest BCUT2D eigenvalue weighted by Crippen LogP contribution is -2.52. The Labute approximate surface area is 167 Å². The minimum Gasteiger partial charge on any atom is -0.567 e. The van der Waals surface area contributed by atoms with Crippen LogP contribution < -0.4 is 0 Å². The molecule has 4 rings (SSSR count). The molecular weight excluding hydrogens is 371 g/mol. The maximum Gasteiger partial charge on any atom is 0.248 e. The van der Waals surface area contributed by atoms with Crippen molar-refractivity contribution in [3.63, 3.8) is 0 Å². The van der Waals surface area contributed by atoms with Gasteiger partial charge in [0.2, 0.25) is 12.1 Å². The molecule has 0 aromatic carbocycles. The SMILES string of the molecule is CC1(C)[C@@H]2C[C@@H](/[N+]([O-])=[N+](\[O-])[C@@H]3C[C@@H]4[C@H](C[C@]3(C)Cl)C4(C)C)[C@@](C)(Cl)C[C@@H]21. The van der Waals surface area contributed by atoms with Gasteiger partial charge < -0.3 is 10.4 Å². The second-order valence-electron chi connectivity index (χ2n) is 11.1. The molecule has 0 saturated heterocycles. The number of fused-ring (bicyclic) bond motifs is 2. The molecule has 0 radical (unpaired) electrons. The molecule has 0 aromatic rings. The molecule has 4 saturated carbocycles. The predicted molar refractivity (Wildman–Crippen MR) is 103 cm³/mol. The largest absolute Gasteiger partial charge is 0.567 e. The van der Waals surface area contributed by atoms with Crippen molar-refractivity contribution in [3.05, 3.63) is 10.4 Å².